The zero-order valence-electron chi connectivity index (χ0n) is 17.3. The molecule has 3 fully saturated rings. The van der Waals surface area contributed by atoms with Crippen molar-refractivity contribution >= 4 is 13.2 Å². The molecule has 5 unspecified atom stereocenters. The van der Waals surface area contributed by atoms with Crippen LogP contribution in [0.2, 0.25) is 0 Å². The van der Waals surface area contributed by atoms with Gasteiger partial charge in [-0.15, -0.1) is 0 Å². The van der Waals surface area contributed by atoms with Crippen LogP contribution in [0.4, 0.5) is 0 Å². The zero-order valence-corrected chi connectivity index (χ0v) is 18.2. The minimum absolute atomic E-state index is 0.300. The molecule has 0 radical (unpaired) electrons. The Balaban J connectivity index is 1.59. The van der Waals surface area contributed by atoms with Crippen LogP contribution in [0.25, 0.3) is 0 Å². The third kappa shape index (κ3) is 2.91. The van der Waals surface area contributed by atoms with Crippen LogP contribution in [0.3, 0.4) is 0 Å². The monoisotopic (exact) mass is 382 g/mol. The van der Waals surface area contributed by atoms with E-state index >= 15 is 0 Å². The number of allylic oxidation sites excluding steroid dienone is 2. The Kier molecular flexibility index (Phi) is 4.47. The van der Waals surface area contributed by atoms with Crippen molar-refractivity contribution in [2.24, 2.45) is 17.8 Å². The summed E-state index contributed by atoms with van der Waals surface area (Å²) in [6.45, 7) is 5.26. The highest BCUT2D eigenvalue weighted by molar-refractivity contribution is 7.69. The lowest BCUT2D eigenvalue weighted by Gasteiger charge is -2.46. The van der Waals surface area contributed by atoms with E-state index in [1.807, 2.05) is 7.11 Å². The second-order valence-corrected chi connectivity index (χ2v) is 13.5. The van der Waals surface area contributed by atoms with Crippen molar-refractivity contribution in [3.05, 3.63) is 35.9 Å². The first kappa shape index (κ1) is 18.2. The molecule has 5 atom stereocenters. The predicted octanol–water partition coefficient (Wildman–Crippen LogP) is 6.66. The topological polar surface area (TPSA) is 9.23 Å². The number of hydrogen-bond donors (Lipinski definition) is 0. The fourth-order valence-electron chi connectivity index (χ4n) is 7.52. The molecule has 1 aromatic rings. The van der Waals surface area contributed by atoms with Crippen LogP contribution in [0, 0.1) is 17.8 Å². The van der Waals surface area contributed by atoms with Crippen LogP contribution in [-0.2, 0) is 0 Å². The number of fused-ring (bicyclic) bond motifs is 2. The smallest absolute Gasteiger partial charge is 0.126 e. The Labute approximate surface area is 166 Å². The third-order valence-corrected chi connectivity index (χ3v) is 11.9. The Bertz CT molecular complexity index is 740. The molecule has 4 aliphatic carbocycles. The molecule has 0 amide bonds. The van der Waals surface area contributed by atoms with E-state index in [9.17, 15) is 0 Å². The average Bonchev–Trinajstić information content (AvgIpc) is 3.35. The standard InChI is InChI=1S/C25H35OP/c1-24(14-18-8-6-9-19(18)15-24)27(23-13-5-4-12-22(23)26-3)25(2)16-20-10-7-11-21(20)17-25/h4-5,12-14,19-21H,6-11,15-17H2,1-3H3. The number of benzene rings is 1. The van der Waals surface area contributed by atoms with Gasteiger partial charge in [0.1, 0.15) is 5.75 Å². The van der Waals surface area contributed by atoms with Gasteiger partial charge in [-0.05, 0) is 67.5 Å². The Morgan fingerprint density at radius 2 is 1.70 bits per heavy atom. The van der Waals surface area contributed by atoms with E-state index in [0.717, 1.165) is 23.5 Å². The van der Waals surface area contributed by atoms with Gasteiger partial charge in [0.05, 0.1) is 7.11 Å². The quantitative estimate of drug-likeness (QED) is 0.418. The SMILES string of the molecule is COc1ccccc1P(C1(C)C=C2CCCC2C1)C1(C)CC2CCCC2C1. The average molecular weight is 383 g/mol. The minimum Gasteiger partial charge on any atom is -0.496 e. The van der Waals surface area contributed by atoms with Crippen molar-refractivity contribution < 1.29 is 4.74 Å². The molecule has 2 heteroatoms. The molecule has 0 spiro atoms. The number of methoxy groups -OCH3 is 1. The van der Waals surface area contributed by atoms with Gasteiger partial charge in [0, 0.05) is 10.5 Å². The van der Waals surface area contributed by atoms with Crippen LogP contribution in [0.15, 0.2) is 35.9 Å². The summed E-state index contributed by atoms with van der Waals surface area (Å²) in [6, 6.07) is 9.00. The van der Waals surface area contributed by atoms with Gasteiger partial charge in [0.2, 0.25) is 0 Å². The first-order valence-electron chi connectivity index (χ1n) is 11.2. The molecular formula is C25H35OP. The molecule has 0 N–H and O–H groups in total. The summed E-state index contributed by atoms with van der Waals surface area (Å²) in [5.74, 6) is 4.00. The lowest BCUT2D eigenvalue weighted by atomic mass is 10.0. The van der Waals surface area contributed by atoms with Crippen molar-refractivity contribution in [2.45, 2.75) is 81.9 Å². The normalized spacial score (nSPS) is 41.3. The summed E-state index contributed by atoms with van der Waals surface area (Å²) in [6.07, 6.45) is 15.7. The van der Waals surface area contributed by atoms with Gasteiger partial charge in [-0.3, -0.25) is 0 Å². The molecule has 3 saturated carbocycles. The lowest BCUT2D eigenvalue weighted by Crippen LogP contribution is -2.36. The molecule has 27 heavy (non-hydrogen) atoms. The van der Waals surface area contributed by atoms with Crippen molar-refractivity contribution in [3.63, 3.8) is 0 Å². The number of ether oxygens (including phenoxy) is 1. The third-order valence-electron chi connectivity index (χ3n) is 8.30. The van der Waals surface area contributed by atoms with Crippen LogP contribution in [0.5, 0.6) is 5.75 Å². The molecule has 0 bridgehead atoms. The molecule has 0 saturated heterocycles. The molecule has 1 nitrogen and oxygen atoms in total. The van der Waals surface area contributed by atoms with Gasteiger partial charge in [0.25, 0.3) is 0 Å². The van der Waals surface area contributed by atoms with Crippen LogP contribution < -0.4 is 10.0 Å². The van der Waals surface area contributed by atoms with Gasteiger partial charge >= 0.3 is 0 Å². The van der Waals surface area contributed by atoms with Crippen LogP contribution >= 0.6 is 7.92 Å². The maximum absolute atomic E-state index is 5.92. The summed E-state index contributed by atoms with van der Waals surface area (Å²) >= 11 is 0. The Morgan fingerprint density at radius 3 is 2.41 bits per heavy atom. The largest absolute Gasteiger partial charge is 0.496 e. The van der Waals surface area contributed by atoms with Gasteiger partial charge in [-0.1, -0.05) is 70.9 Å². The van der Waals surface area contributed by atoms with E-state index in [1.54, 1.807) is 5.57 Å². The first-order chi connectivity index (χ1) is 13.0. The van der Waals surface area contributed by atoms with E-state index in [2.05, 4.69) is 44.2 Å². The summed E-state index contributed by atoms with van der Waals surface area (Å²) < 4.78 is 5.92. The summed E-state index contributed by atoms with van der Waals surface area (Å²) in [4.78, 5) is 0. The summed E-state index contributed by atoms with van der Waals surface area (Å²) in [5.41, 5.74) is 1.79. The maximum atomic E-state index is 5.92. The molecule has 0 heterocycles. The molecule has 1 aromatic carbocycles. The van der Waals surface area contributed by atoms with E-state index in [0.29, 0.717) is 10.3 Å². The van der Waals surface area contributed by atoms with Crippen molar-refractivity contribution in [3.8, 4) is 5.75 Å². The van der Waals surface area contributed by atoms with E-state index in [4.69, 9.17) is 4.74 Å². The van der Waals surface area contributed by atoms with E-state index < -0.39 is 0 Å². The molecular weight excluding hydrogens is 347 g/mol. The van der Waals surface area contributed by atoms with Crippen molar-refractivity contribution in [1.29, 1.82) is 0 Å². The highest BCUT2D eigenvalue weighted by Crippen LogP contribution is 2.72. The second kappa shape index (κ2) is 6.62. The minimum atomic E-state index is -0.300. The van der Waals surface area contributed by atoms with Crippen molar-refractivity contribution in [1.82, 2.24) is 0 Å². The molecule has 146 valence electrons. The molecule has 4 aliphatic rings. The van der Waals surface area contributed by atoms with Crippen LogP contribution in [-0.4, -0.2) is 17.4 Å². The second-order valence-electron chi connectivity index (χ2n) is 10.2. The highest BCUT2D eigenvalue weighted by Gasteiger charge is 2.55. The Morgan fingerprint density at radius 1 is 0.963 bits per heavy atom. The number of hydrogen-bond acceptors (Lipinski definition) is 1. The fraction of sp³-hybridized carbons (Fsp3) is 0.680. The molecule has 5 rings (SSSR count). The van der Waals surface area contributed by atoms with Gasteiger partial charge in [-0.2, -0.15) is 0 Å². The Hall–Kier alpha value is -0.810. The van der Waals surface area contributed by atoms with Crippen molar-refractivity contribution in [2.75, 3.05) is 7.11 Å². The van der Waals surface area contributed by atoms with Gasteiger partial charge < -0.3 is 4.74 Å². The molecule has 0 aliphatic heterocycles. The highest BCUT2D eigenvalue weighted by atomic mass is 31.1. The van der Waals surface area contributed by atoms with E-state index in [-0.39, 0.29) is 7.92 Å². The van der Waals surface area contributed by atoms with Gasteiger partial charge in [-0.25, -0.2) is 0 Å². The molecule has 0 aromatic heterocycles. The number of para-hydroxylation sites is 1. The summed E-state index contributed by atoms with van der Waals surface area (Å²) in [7, 11) is 1.56. The van der Waals surface area contributed by atoms with Gasteiger partial charge in [0.15, 0.2) is 0 Å². The fourth-order valence-corrected chi connectivity index (χ4v) is 12.0. The number of rotatable bonds is 4. The summed E-state index contributed by atoms with van der Waals surface area (Å²) in [5, 5.41) is 2.35. The lowest BCUT2D eigenvalue weighted by molar-refractivity contribution is 0.417. The first-order valence-corrected chi connectivity index (χ1v) is 12.5. The zero-order chi connectivity index (χ0) is 18.6. The van der Waals surface area contributed by atoms with E-state index in [1.165, 1.54) is 63.1 Å². The maximum Gasteiger partial charge on any atom is 0.126 e. The van der Waals surface area contributed by atoms with Crippen LogP contribution in [0.1, 0.15) is 71.6 Å². The predicted molar refractivity (Wildman–Crippen MR) is 116 cm³/mol.